The van der Waals surface area contributed by atoms with Crippen molar-refractivity contribution in [3.05, 3.63) is 87.6 Å². The van der Waals surface area contributed by atoms with Gasteiger partial charge in [-0.25, -0.2) is 4.79 Å². The molecule has 1 aromatic heterocycles. The van der Waals surface area contributed by atoms with Gasteiger partial charge in [0.2, 0.25) is 5.91 Å². The van der Waals surface area contributed by atoms with Gasteiger partial charge in [0.15, 0.2) is 0 Å². The number of nitrogens with zero attached hydrogens (tertiary/aromatic N) is 2. The molecule has 0 aliphatic carbocycles. The minimum Gasteiger partial charge on any atom is -0.324 e. The smallest absolute Gasteiger partial charge is 0.324 e. The van der Waals surface area contributed by atoms with E-state index in [0.29, 0.717) is 16.6 Å². The summed E-state index contributed by atoms with van der Waals surface area (Å²) in [5.41, 5.74) is 1.13. The Morgan fingerprint density at radius 2 is 1.77 bits per heavy atom. The third kappa shape index (κ3) is 3.21. The average Bonchev–Trinajstić information content (AvgIpc) is 2.64. The van der Waals surface area contributed by atoms with Gasteiger partial charge >= 0.3 is 5.69 Å². The molecule has 0 fully saturated rings. The van der Waals surface area contributed by atoms with E-state index in [1.54, 1.807) is 30.3 Å². The second-order valence-electron chi connectivity index (χ2n) is 5.95. The van der Waals surface area contributed by atoms with E-state index in [4.69, 9.17) is 0 Å². The molecule has 132 valence electrons. The summed E-state index contributed by atoms with van der Waals surface area (Å²) in [4.78, 5) is 37.8. The molecular weight excluding hydrogens is 330 g/mol. The fraction of sp³-hybridized carbons (Fsp3) is 0.150. The molecule has 6 nitrogen and oxygen atoms in total. The Morgan fingerprint density at radius 3 is 2.50 bits per heavy atom. The van der Waals surface area contributed by atoms with Gasteiger partial charge in [-0.2, -0.15) is 0 Å². The first kappa shape index (κ1) is 17.4. The van der Waals surface area contributed by atoms with Gasteiger partial charge in [0.05, 0.1) is 10.9 Å². The number of allylic oxidation sites excluding steroid dienone is 1. The van der Waals surface area contributed by atoms with Crippen molar-refractivity contribution in [2.24, 2.45) is 0 Å². The average molecular weight is 349 g/mol. The molecule has 3 rings (SSSR count). The highest BCUT2D eigenvalue weighted by molar-refractivity contribution is 5.92. The van der Waals surface area contributed by atoms with Gasteiger partial charge in [-0.1, -0.05) is 36.4 Å². The highest BCUT2D eigenvalue weighted by Crippen LogP contribution is 2.13. The van der Waals surface area contributed by atoms with Crippen molar-refractivity contribution in [1.29, 1.82) is 0 Å². The second-order valence-corrected chi connectivity index (χ2v) is 5.95. The van der Waals surface area contributed by atoms with Crippen molar-refractivity contribution >= 4 is 22.5 Å². The standard InChI is InChI=1S/C20H19N3O3/c1-3-12-22-19(25)15-9-5-7-11-17(15)23(20(22)26)13-18(24)21-16-10-6-4-8-14(16)2/h3-11H,1,12-13H2,2H3,(H,21,24). The predicted molar refractivity (Wildman–Crippen MR) is 102 cm³/mol. The van der Waals surface area contributed by atoms with Crippen LogP contribution in [0.4, 0.5) is 5.69 Å². The maximum Gasteiger partial charge on any atom is 0.332 e. The zero-order chi connectivity index (χ0) is 18.7. The van der Waals surface area contributed by atoms with Crippen molar-refractivity contribution in [1.82, 2.24) is 9.13 Å². The van der Waals surface area contributed by atoms with E-state index in [2.05, 4.69) is 11.9 Å². The van der Waals surface area contributed by atoms with Crippen LogP contribution in [0.3, 0.4) is 0 Å². The molecule has 0 bridgehead atoms. The van der Waals surface area contributed by atoms with Gasteiger partial charge in [-0.15, -0.1) is 6.58 Å². The minimum absolute atomic E-state index is 0.0852. The number of hydrogen-bond donors (Lipinski definition) is 1. The Labute approximate surface area is 150 Å². The first-order valence-corrected chi connectivity index (χ1v) is 8.21. The zero-order valence-corrected chi connectivity index (χ0v) is 14.4. The van der Waals surface area contributed by atoms with Crippen LogP contribution in [0.25, 0.3) is 10.9 Å². The number of aryl methyl sites for hydroxylation is 1. The molecule has 1 heterocycles. The van der Waals surface area contributed by atoms with E-state index in [-0.39, 0.29) is 24.6 Å². The zero-order valence-electron chi connectivity index (χ0n) is 14.4. The third-order valence-electron chi connectivity index (χ3n) is 4.16. The quantitative estimate of drug-likeness (QED) is 0.718. The van der Waals surface area contributed by atoms with Crippen LogP contribution in [-0.4, -0.2) is 15.0 Å². The van der Waals surface area contributed by atoms with E-state index in [1.165, 1.54) is 10.6 Å². The molecule has 0 radical (unpaired) electrons. The van der Waals surface area contributed by atoms with Gasteiger partial charge in [-0.05, 0) is 30.7 Å². The number of aromatic nitrogens is 2. The monoisotopic (exact) mass is 349 g/mol. The fourth-order valence-corrected chi connectivity index (χ4v) is 2.86. The number of para-hydroxylation sites is 2. The normalized spacial score (nSPS) is 10.7. The molecule has 0 saturated carbocycles. The van der Waals surface area contributed by atoms with Gasteiger partial charge in [0.1, 0.15) is 6.54 Å². The van der Waals surface area contributed by atoms with Gasteiger partial charge < -0.3 is 5.32 Å². The number of rotatable bonds is 5. The number of carbonyl (C=O) groups is 1. The van der Waals surface area contributed by atoms with E-state index in [9.17, 15) is 14.4 Å². The lowest BCUT2D eigenvalue weighted by Gasteiger charge is -2.14. The Hall–Kier alpha value is -3.41. The number of hydrogen-bond acceptors (Lipinski definition) is 3. The molecule has 0 unspecified atom stereocenters. The van der Waals surface area contributed by atoms with Crippen molar-refractivity contribution in [3.63, 3.8) is 0 Å². The molecule has 3 aromatic rings. The lowest BCUT2D eigenvalue weighted by Crippen LogP contribution is -2.41. The fourth-order valence-electron chi connectivity index (χ4n) is 2.86. The Morgan fingerprint density at radius 1 is 1.08 bits per heavy atom. The number of fused-ring (bicyclic) bond motifs is 1. The first-order chi connectivity index (χ1) is 12.5. The Balaban J connectivity index is 2.05. The summed E-state index contributed by atoms with van der Waals surface area (Å²) in [6, 6.07) is 14.2. The lowest BCUT2D eigenvalue weighted by atomic mass is 10.2. The van der Waals surface area contributed by atoms with Crippen LogP contribution in [0.15, 0.2) is 70.8 Å². The molecule has 0 saturated heterocycles. The second kappa shape index (κ2) is 7.23. The van der Waals surface area contributed by atoms with Gasteiger partial charge in [-0.3, -0.25) is 18.7 Å². The van der Waals surface area contributed by atoms with Crippen molar-refractivity contribution in [3.8, 4) is 0 Å². The van der Waals surface area contributed by atoms with E-state index in [0.717, 1.165) is 10.1 Å². The molecule has 0 atom stereocenters. The summed E-state index contributed by atoms with van der Waals surface area (Å²) in [5.74, 6) is -0.338. The summed E-state index contributed by atoms with van der Waals surface area (Å²) in [5, 5.41) is 3.20. The van der Waals surface area contributed by atoms with Crippen LogP contribution in [0, 0.1) is 6.92 Å². The predicted octanol–water partition coefficient (Wildman–Crippen LogP) is 2.30. The third-order valence-corrected chi connectivity index (χ3v) is 4.16. The highest BCUT2D eigenvalue weighted by atomic mass is 16.2. The molecule has 0 spiro atoms. The number of anilines is 1. The number of carbonyl (C=O) groups excluding carboxylic acids is 1. The number of amides is 1. The van der Waals surface area contributed by atoms with E-state index >= 15 is 0 Å². The summed E-state index contributed by atoms with van der Waals surface area (Å²) < 4.78 is 2.39. The first-order valence-electron chi connectivity index (χ1n) is 8.21. The summed E-state index contributed by atoms with van der Waals surface area (Å²) in [6.45, 7) is 5.37. The van der Waals surface area contributed by atoms with E-state index in [1.807, 2.05) is 25.1 Å². The highest BCUT2D eigenvalue weighted by Gasteiger charge is 2.15. The molecule has 26 heavy (non-hydrogen) atoms. The van der Waals surface area contributed by atoms with E-state index < -0.39 is 5.69 Å². The molecule has 0 aliphatic heterocycles. The molecule has 1 N–H and O–H groups in total. The molecule has 2 aromatic carbocycles. The molecule has 6 heteroatoms. The Kier molecular flexibility index (Phi) is 4.84. The SMILES string of the molecule is C=CCn1c(=O)c2ccccc2n(CC(=O)Nc2ccccc2C)c1=O. The molecule has 1 amide bonds. The largest absolute Gasteiger partial charge is 0.332 e. The summed E-state index contributed by atoms with van der Waals surface area (Å²) in [7, 11) is 0. The number of nitrogens with one attached hydrogen (secondary N) is 1. The van der Waals surface area contributed by atoms with Crippen molar-refractivity contribution < 1.29 is 4.79 Å². The topological polar surface area (TPSA) is 73.1 Å². The molecular formula is C20H19N3O3. The van der Waals surface area contributed by atoms with Crippen LogP contribution in [-0.2, 0) is 17.9 Å². The van der Waals surface area contributed by atoms with Crippen LogP contribution in [0.5, 0.6) is 0 Å². The summed E-state index contributed by atoms with van der Waals surface area (Å²) >= 11 is 0. The van der Waals surface area contributed by atoms with Crippen LogP contribution < -0.4 is 16.6 Å². The molecule has 0 aliphatic rings. The number of benzene rings is 2. The van der Waals surface area contributed by atoms with Crippen LogP contribution in [0.1, 0.15) is 5.56 Å². The lowest BCUT2D eigenvalue weighted by molar-refractivity contribution is -0.116. The van der Waals surface area contributed by atoms with Crippen LogP contribution >= 0.6 is 0 Å². The summed E-state index contributed by atoms with van der Waals surface area (Å²) in [6.07, 6.45) is 1.48. The van der Waals surface area contributed by atoms with Crippen molar-refractivity contribution in [2.75, 3.05) is 5.32 Å². The minimum atomic E-state index is -0.534. The maximum absolute atomic E-state index is 12.7. The van der Waals surface area contributed by atoms with Gasteiger partial charge in [0.25, 0.3) is 5.56 Å². The van der Waals surface area contributed by atoms with Gasteiger partial charge in [0, 0.05) is 12.2 Å². The van der Waals surface area contributed by atoms with Crippen molar-refractivity contribution in [2.45, 2.75) is 20.0 Å². The maximum atomic E-state index is 12.7. The Bertz CT molecular complexity index is 1110. The van der Waals surface area contributed by atoms with Crippen LogP contribution in [0.2, 0.25) is 0 Å².